The number of fused-ring (bicyclic) bond motifs is 1. The summed E-state index contributed by atoms with van der Waals surface area (Å²) in [6.45, 7) is 2.92. The van der Waals surface area contributed by atoms with Gasteiger partial charge in [0.25, 0.3) is 0 Å². The number of nitrogen functional groups attached to an aromatic ring is 1. The molecule has 0 unspecified atom stereocenters. The van der Waals surface area contributed by atoms with Crippen LogP contribution in [0.25, 0.3) is 0 Å². The normalized spacial score (nSPS) is 13.1. The monoisotopic (exact) mass is 269 g/mol. The molecule has 0 atom stereocenters. The lowest BCUT2D eigenvalue weighted by atomic mass is 10.0. The largest absolute Gasteiger partial charge is 0.486 e. The lowest BCUT2D eigenvalue weighted by Gasteiger charge is -2.20. The third-order valence-electron chi connectivity index (χ3n) is 3.25. The minimum Gasteiger partial charge on any atom is -0.486 e. The van der Waals surface area contributed by atoms with E-state index >= 15 is 0 Å². The molecule has 3 rings (SSSR count). The highest BCUT2D eigenvalue weighted by Gasteiger charge is 2.19. The van der Waals surface area contributed by atoms with Crippen LogP contribution in [0.1, 0.15) is 21.5 Å². The number of rotatable bonds is 2. The summed E-state index contributed by atoms with van der Waals surface area (Å²) in [5.74, 6) is 0.983. The molecule has 0 saturated heterocycles. The van der Waals surface area contributed by atoms with Crippen molar-refractivity contribution in [3.63, 3.8) is 0 Å². The van der Waals surface area contributed by atoms with Crippen LogP contribution in [0.4, 0.5) is 5.69 Å². The number of nitrogens with two attached hydrogens (primary N) is 1. The predicted octanol–water partition coefficient (Wildman–Crippen LogP) is 2.58. The number of ether oxygens (including phenoxy) is 2. The van der Waals surface area contributed by atoms with E-state index in [2.05, 4.69) is 0 Å². The van der Waals surface area contributed by atoms with Crippen LogP contribution in [-0.4, -0.2) is 19.0 Å². The Hall–Kier alpha value is -2.49. The number of benzene rings is 2. The number of hydrogen-bond acceptors (Lipinski definition) is 4. The second kappa shape index (κ2) is 4.89. The summed E-state index contributed by atoms with van der Waals surface area (Å²) in [7, 11) is 0. The average molecular weight is 269 g/mol. The lowest BCUT2D eigenvalue weighted by Crippen LogP contribution is -2.17. The molecule has 4 heteroatoms. The highest BCUT2D eigenvalue weighted by Crippen LogP contribution is 2.37. The molecule has 1 aliphatic rings. The molecule has 2 aromatic carbocycles. The molecule has 20 heavy (non-hydrogen) atoms. The molecule has 102 valence electrons. The summed E-state index contributed by atoms with van der Waals surface area (Å²) in [4.78, 5) is 12.4. The van der Waals surface area contributed by atoms with Crippen LogP contribution in [0.2, 0.25) is 0 Å². The molecule has 2 aromatic rings. The van der Waals surface area contributed by atoms with Gasteiger partial charge in [0.05, 0.1) is 5.69 Å². The lowest BCUT2D eigenvalue weighted by molar-refractivity contribution is 0.103. The van der Waals surface area contributed by atoms with Crippen LogP contribution < -0.4 is 15.2 Å². The number of carbonyl (C=O) groups is 1. The van der Waals surface area contributed by atoms with Gasteiger partial charge < -0.3 is 15.2 Å². The van der Waals surface area contributed by atoms with Crippen molar-refractivity contribution >= 4 is 11.5 Å². The zero-order chi connectivity index (χ0) is 14.1. The van der Waals surface area contributed by atoms with Crippen LogP contribution in [0.5, 0.6) is 11.5 Å². The van der Waals surface area contributed by atoms with Gasteiger partial charge in [-0.05, 0) is 19.1 Å². The van der Waals surface area contributed by atoms with E-state index in [4.69, 9.17) is 15.2 Å². The average Bonchev–Trinajstić information content (AvgIpc) is 2.47. The topological polar surface area (TPSA) is 61.6 Å². The molecule has 0 aliphatic carbocycles. The number of ketones is 1. The van der Waals surface area contributed by atoms with E-state index in [0.29, 0.717) is 41.5 Å². The Morgan fingerprint density at radius 3 is 2.50 bits per heavy atom. The molecule has 0 spiro atoms. The summed E-state index contributed by atoms with van der Waals surface area (Å²) in [5.41, 5.74) is 8.61. The number of carbonyl (C=O) groups excluding carboxylic acids is 1. The number of aryl methyl sites for hydroxylation is 1. The minimum absolute atomic E-state index is 0.0753. The second-order valence-electron chi connectivity index (χ2n) is 4.78. The van der Waals surface area contributed by atoms with Gasteiger partial charge in [-0.25, -0.2) is 0 Å². The Labute approximate surface area is 117 Å². The van der Waals surface area contributed by atoms with E-state index in [1.807, 2.05) is 31.2 Å². The first kappa shape index (κ1) is 12.5. The van der Waals surface area contributed by atoms with Crippen molar-refractivity contribution in [3.05, 3.63) is 53.1 Å². The third kappa shape index (κ3) is 2.20. The molecule has 0 fully saturated rings. The van der Waals surface area contributed by atoms with E-state index in [-0.39, 0.29) is 5.78 Å². The van der Waals surface area contributed by atoms with Gasteiger partial charge in [0, 0.05) is 11.1 Å². The fraction of sp³-hybridized carbons (Fsp3) is 0.188. The van der Waals surface area contributed by atoms with Gasteiger partial charge in [-0.3, -0.25) is 4.79 Å². The first-order chi connectivity index (χ1) is 9.65. The van der Waals surface area contributed by atoms with E-state index in [0.717, 1.165) is 5.56 Å². The fourth-order valence-corrected chi connectivity index (χ4v) is 2.18. The molecular formula is C16H15NO3. The minimum atomic E-state index is -0.0753. The van der Waals surface area contributed by atoms with Gasteiger partial charge in [0.1, 0.15) is 13.2 Å². The van der Waals surface area contributed by atoms with Crippen molar-refractivity contribution in [3.8, 4) is 11.5 Å². The molecule has 0 radical (unpaired) electrons. The van der Waals surface area contributed by atoms with Crippen LogP contribution in [0.3, 0.4) is 0 Å². The molecule has 4 nitrogen and oxygen atoms in total. The van der Waals surface area contributed by atoms with Crippen molar-refractivity contribution in [2.45, 2.75) is 6.92 Å². The number of anilines is 1. The highest BCUT2D eigenvalue weighted by molar-refractivity contribution is 6.10. The molecule has 1 aliphatic heterocycles. The predicted molar refractivity (Wildman–Crippen MR) is 76.5 cm³/mol. The zero-order valence-corrected chi connectivity index (χ0v) is 11.2. The molecule has 0 amide bonds. The second-order valence-corrected chi connectivity index (χ2v) is 4.78. The van der Waals surface area contributed by atoms with E-state index in [9.17, 15) is 4.79 Å². The van der Waals surface area contributed by atoms with Gasteiger partial charge in [-0.15, -0.1) is 0 Å². The maximum absolute atomic E-state index is 12.4. The molecule has 0 saturated carbocycles. The summed E-state index contributed by atoms with van der Waals surface area (Å²) < 4.78 is 10.9. The SMILES string of the molecule is Cc1ccc(C(=O)c2cc(N)c3c(c2)OCCO3)cc1. The van der Waals surface area contributed by atoms with Crippen molar-refractivity contribution in [1.29, 1.82) is 0 Å². The Balaban J connectivity index is 2.00. The van der Waals surface area contributed by atoms with E-state index in [1.54, 1.807) is 12.1 Å². The van der Waals surface area contributed by atoms with Gasteiger partial charge in [0.15, 0.2) is 17.3 Å². The van der Waals surface area contributed by atoms with Crippen molar-refractivity contribution < 1.29 is 14.3 Å². The van der Waals surface area contributed by atoms with Crippen LogP contribution in [0, 0.1) is 6.92 Å². The molecule has 2 N–H and O–H groups in total. The van der Waals surface area contributed by atoms with Crippen molar-refractivity contribution in [2.75, 3.05) is 18.9 Å². The van der Waals surface area contributed by atoms with Crippen molar-refractivity contribution in [2.24, 2.45) is 0 Å². The maximum atomic E-state index is 12.4. The summed E-state index contributed by atoms with van der Waals surface area (Å²) >= 11 is 0. The molecule has 0 aromatic heterocycles. The van der Waals surface area contributed by atoms with Crippen LogP contribution >= 0.6 is 0 Å². The Morgan fingerprint density at radius 1 is 1.05 bits per heavy atom. The third-order valence-corrected chi connectivity index (χ3v) is 3.25. The van der Waals surface area contributed by atoms with Gasteiger partial charge >= 0.3 is 0 Å². The number of hydrogen-bond donors (Lipinski definition) is 1. The van der Waals surface area contributed by atoms with E-state index < -0.39 is 0 Å². The Bertz CT molecular complexity index is 662. The van der Waals surface area contributed by atoms with Gasteiger partial charge in [0.2, 0.25) is 0 Å². The highest BCUT2D eigenvalue weighted by atomic mass is 16.6. The first-order valence-corrected chi connectivity index (χ1v) is 6.45. The van der Waals surface area contributed by atoms with Crippen LogP contribution in [0.15, 0.2) is 36.4 Å². The summed E-state index contributed by atoms with van der Waals surface area (Å²) in [5, 5.41) is 0. The smallest absolute Gasteiger partial charge is 0.193 e. The summed E-state index contributed by atoms with van der Waals surface area (Å²) in [6, 6.07) is 10.8. The maximum Gasteiger partial charge on any atom is 0.193 e. The zero-order valence-electron chi connectivity index (χ0n) is 11.2. The molecule has 0 bridgehead atoms. The Morgan fingerprint density at radius 2 is 1.75 bits per heavy atom. The van der Waals surface area contributed by atoms with Gasteiger partial charge in [-0.1, -0.05) is 29.8 Å². The summed E-state index contributed by atoms with van der Waals surface area (Å²) in [6.07, 6.45) is 0. The van der Waals surface area contributed by atoms with Gasteiger partial charge in [-0.2, -0.15) is 0 Å². The van der Waals surface area contributed by atoms with Crippen LogP contribution in [-0.2, 0) is 0 Å². The first-order valence-electron chi connectivity index (χ1n) is 6.45. The Kier molecular flexibility index (Phi) is 3.06. The van der Waals surface area contributed by atoms with Crippen molar-refractivity contribution in [1.82, 2.24) is 0 Å². The fourth-order valence-electron chi connectivity index (χ4n) is 2.18. The standard InChI is InChI=1S/C16H15NO3/c1-10-2-4-11(5-3-10)15(18)12-8-13(17)16-14(9-12)19-6-7-20-16/h2-5,8-9H,6-7,17H2,1H3. The molecular weight excluding hydrogens is 254 g/mol. The molecule has 1 heterocycles. The quantitative estimate of drug-likeness (QED) is 0.672. The van der Waals surface area contributed by atoms with E-state index in [1.165, 1.54) is 0 Å².